The van der Waals surface area contributed by atoms with E-state index in [1.54, 1.807) is 6.20 Å². The van der Waals surface area contributed by atoms with E-state index in [9.17, 15) is 0 Å². The smallest absolute Gasteiger partial charge is 0.222 e. The zero-order valence-corrected chi connectivity index (χ0v) is 20.6. The van der Waals surface area contributed by atoms with E-state index in [0.29, 0.717) is 5.88 Å². The number of benzene rings is 3. The van der Waals surface area contributed by atoms with Crippen LogP contribution < -0.4 is 4.74 Å². The molecule has 0 aliphatic rings. The summed E-state index contributed by atoms with van der Waals surface area (Å²) in [5.74, 6) is 2.32. The van der Waals surface area contributed by atoms with E-state index < -0.39 is 0 Å². The molecule has 0 saturated carbocycles. The number of nitrogens with zero attached hydrogens (tertiary/aromatic N) is 3. The van der Waals surface area contributed by atoms with Crippen molar-refractivity contribution < 1.29 is 4.74 Å². The molecule has 0 atom stereocenters. The summed E-state index contributed by atoms with van der Waals surface area (Å²) in [6, 6.07) is 33.4. The lowest BCUT2D eigenvalue weighted by Crippen LogP contribution is -2.13. The second-order valence-corrected chi connectivity index (χ2v) is 10.0. The topological polar surface area (TPSA) is 39.9 Å². The molecule has 0 bridgehead atoms. The summed E-state index contributed by atoms with van der Waals surface area (Å²) < 4.78 is 8.53. The predicted octanol–water partition coefficient (Wildman–Crippen LogP) is 8.33. The van der Waals surface area contributed by atoms with Gasteiger partial charge in [0.1, 0.15) is 11.6 Å². The van der Waals surface area contributed by atoms with Crippen LogP contribution in [-0.2, 0) is 5.41 Å². The van der Waals surface area contributed by atoms with Crippen molar-refractivity contribution in [1.82, 2.24) is 14.5 Å². The van der Waals surface area contributed by atoms with E-state index in [1.165, 1.54) is 10.8 Å². The van der Waals surface area contributed by atoms with Crippen LogP contribution in [0, 0.1) is 0 Å². The van der Waals surface area contributed by atoms with Crippen LogP contribution in [0.4, 0.5) is 0 Å². The number of rotatable bonds is 4. The first-order chi connectivity index (χ1) is 17.5. The van der Waals surface area contributed by atoms with Gasteiger partial charge < -0.3 is 4.74 Å². The molecular formula is C32H27N3O. The monoisotopic (exact) mass is 469 g/mol. The van der Waals surface area contributed by atoms with Gasteiger partial charge in [-0.15, -0.1) is 0 Å². The van der Waals surface area contributed by atoms with E-state index in [0.717, 1.165) is 39.3 Å². The zero-order chi connectivity index (χ0) is 24.7. The number of ether oxygens (including phenoxy) is 1. The first kappa shape index (κ1) is 22.1. The second kappa shape index (κ2) is 8.65. The third kappa shape index (κ3) is 3.91. The summed E-state index contributed by atoms with van der Waals surface area (Å²) in [5.41, 5.74) is 5.48. The quantitative estimate of drug-likeness (QED) is 0.260. The Kier molecular flexibility index (Phi) is 5.30. The Morgan fingerprint density at radius 1 is 0.639 bits per heavy atom. The van der Waals surface area contributed by atoms with Gasteiger partial charge in [-0.3, -0.25) is 4.57 Å². The molecule has 6 rings (SSSR count). The summed E-state index contributed by atoms with van der Waals surface area (Å²) in [6.45, 7) is 6.51. The molecule has 0 aliphatic heterocycles. The molecule has 0 spiro atoms. The van der Waals surface area contributed by atoms with Crippen LogP contribution in [0.3, 0.4) is 0 Å². The largest absolute Gasteiger partial charge is 0.439 e. The van der Waals surface area contributed by atoms with Gasteiger partial charge in [0.15, 0.2) is 0 Å². The Hall–Kier alpha value is -4.44. The molecule has 0 amide bonds. The van der Waals surface area contributed by atoms with Crippen LogP contribution in [0.25, 0.3) is 38.8 Å². The van der Waals surface area contributed by atoms with E-state index in [1.807, 2.05) is 42.6 Å². The summed E-state index contributed by atoms with van der Waals surface area (Å²) in [4.78, 5) is 9.17. The minimum Gasteiger partial charge on any atom is -0.439 e. The Morgan fingerprint density at radius 2 is 1.42 bits per heavy atom. The van der Waals surface area contributed by atoms with Crippen molar-refractivity contribution in [3.05, 3.63) is 115 Å². The van der Waals surface area contributed by atoms with Gasteiger partial charge in [0.25, 0.3) is 0 Å². The molecule has 0 N–H and O–H groups in total. The Balaban J connectivity index is 1.46. The van der Waals surface area contributed by atoms with Gasteiger partial charge in [-0.2, -0.15) is 0 Å². The first-order valence-electron chi connectivity index (χ1n) is 12.2. The number of hydrogen-bond acceptors (Lipinski definition) is 3. The number of pyridine rings is 2. The molecule has 0 saturated heterocycles. The van der Waals surface area contributed by atoms with Crippen LogP contribution in [-0.4, -0.2) is 14.5 Å². The molecule has 6 aromatic rings. The maximum absolute atomic E-state index is 6.30. The third-order valence-electron chi connectivity index (χ3n) is 6.51. The summed E-state index contributed by atoms with van der Waals surface area (Å²) in [7, 11) is 0. The van der Waals surface area contributed by atoms with Gasteiger partial charge in [-0.1, -0.05) is 75.4 Å². The van der Waals surface area contributed by atoms with Crippen LogP contribution >= 0.6 is 0 Å². The second-order valence-electron chi connectivity index (χ2n) is 10.0. The van der Waals surface area contributed by atoms with Gasteiger partial charge in [0.05, 0.1) is 11.0 Å². The first-order valence-corrected chi connectivity index (χ1v) is 12.2. The molecule has 3 heterocycles. The van der Waals surface area contributed by atoms with Gasteiger partial charge >= 0.3 is 0 Å². The highest BCUT2D eigenvalue weighted by Gasteiger charge is 2.20. The SMILES string of the molecule is CC(C)(C)c1cccnc1Oc1cccc(-c2ccc3c4ccccc4n(-c4ccccn4)c3c2)c1. The van der Waals surface area contributed by atoms with Crippen molar-refractivity contribution >= 4 is 21.8 Å². The molecule has 0 radical (unpaired) electrons. The molecule has 3 aromatic carbocycles. The fraction of sp³-hybridized carbons (Fsp3) is 0.125. The molecular weight excluding hydrogens is 442 g/mol. The van der Waals surface area contributed by atoms with Crippen molar-refractivity contribution in [3.8, 4) is 28.6 Å². The van der Waals surface area contributed by atoms with Crippen molar-refractivity contribution in [2.75, 3.05) is 0 Å². The highest BCUT2D eigenvalue weighted by Crippen LogP contribution is 2.36. The van der Waals surface area contributed by atoms with Crippen molar-refractivity contribution in [3.63, 3.8) is 0 Å². The Labute approximate surface area is 210 Å². The normalized spacial score (nSPS) is 11.8. The summed E-state index contributed by atoms with van der Waals surface area (Å²) >= 11 is 0. The maximum atomic E-state index is 6.30. The van der Waals surface area contributed by atoms with Crippen LogP contribution in [0.1, 0.15) is 26.3 Å². The van der Waals surface area contributed by atoms with Gasteiger partial charge in [0.2, 0.25) is 5.88 Å². The van der Waals surface area contributed by atoms with Crippen molar-refractivity contribution in [2.45, 2.75) is 26.2 Å². The highest BCUT2D eigenvalue weighted by molar-refractivity contribution is 6.10. The Morgan fingerprint density at radius 3 is 2.25 bits per heavy atom. The molecule has 4 heteroatoms. The zero-order valence-electron chi connectivity index (χ0n) is 20.6. The molecule has 4 nitrogen and oxygen atoms in total. The molecule has 0 fully saturated rings. The average Bonchev–Trinajstić information content (AvgIpc) is 3.23. The van der Waals surface area contributed by atoms with Crippen LogP contribution in [0.2, 0.25) is 0 Å². The van der Waals surface area contributed by atoms with Gasteiger partial charge in [-0.25, -0.2) is 9.97 Å². The molecule has 176 valence electrons. The average molecular weight is 470 g/mol. The van der Waals surface area contributed by atoms with Crippen LogP contribution in [0.5, 0.6) is 11.6 Å². The number of fused-ring (bicyclic) bond motifs is 3. The van der Waals surface area contributed by atoms with E-state index in [2.05, 4.69) is 96.0 Å². The minimum atomic E-state index is -0.0644. The number of para-hydroxylation sites is 1. The maximum Gasteiger partial charge on any atom is 0.222 e. The molecule has 0 unspecified atom stereocenters. The summed E-state index contributed by atoms with van der Waals surface area (Å²) in [5, 5.41) is 2.42. The number of hydrogen-bond donors (Lipinski definition) is 0. The molecule has 36 heavy (non-hydrogen) atoms. The number of aromatic nitrogens is 3. The van der Waals surface area contributed by atoms with Gasteiger partial charge in [0, 0.05) is 28.7 Å². The fourth-order valence-electron chi connectivity index (χ4n) is 4.78. The lowest BCUT2D eigenvalue weighted by molar-refractivity contribution is 0.437. The lowest BCUT2D eigenvalue weighted by atomic mass is 9.88. The van der Waals surface area contributed by atoms with E-state index in [-0.39, 0.29) is 5.41 Å². The van der Waals surface area contributed by atoms with Crippen LogP contribution in [0.15, 0.2) is 109 Å². The molecule has 0 aliphatic carbocycles. The lowest BCUT2D eigenvalue weighted by Gasteiger charge is -2.21. The third-order valence-corrected chi connectivity index (χ3v) is 6.51. The van der Waals surface area contributed by atoms with E-state index >= 15 is 0 Å². The van der Waals surface area contributed by atoms with Crippen molar-refractivity contribution in [2.24, 2.45) is 0 Å². The summed E-state index contributed by atoms with van der Waals surface area (Å²) in [6.07, 6.45) is 3.61. The predicted molar refractivity (Wildman–Crippen MR) is 147 cm³/mol. The van der Waals surface area contributed by atoms with Gasteiger partial charge in [-0.05, 0) is 59.0 Å². The fourth-order valence-corrected chi connectivity index (χ4v) is 4.78. The standard InChI is InChI=1S/C32H27N3O/c1-32(2,3)27-13-9-19-34-31(27)36-24-11-8-10-22(20-24)23-16-17-26-25-12-4-5-14-28(25)35(29(26)21-23)30-15-6-7-18-33-30/h4-21H,1-3H3. The van der Waals surface area contributed by atoms with E-state index in [4.69, 9.17) is 4.74 Å². The molecule has 3 aromatic heterocycles. The van der Waals surface area contributed by atoms with Crippen molar-refractivity contribution in [1.29, 1.82) is 0 Å². The Bertz CT molecular complexity index is 1690. The highest BCUT2D eigenvalue weighted by atomic mass is 16.5. The minimum absolute atomic E-state index is 0.0644.